The zero-order chi connectivity index (χ0) is 16.5. The Morgan fingerprint density at radius 2 is 1.81 bits per heavy atom. The lowest BCUT2D eigenvalue weighted by Crippen LogP contribution is -2.48. The summed E-state index contributed by atoms with van der Waals surface area (Å²) in [5.41, 5.74) is 1.81. The van der Waals surface area contributed by atoms with E-state index < -0.39 is 66.4 Å². The van der Waals surface area contributed by atoms with Crippen molar-refractivity contribution in [3.8, 4) is 0 Å². The highest BCUT2D eigenvalue weighted by Crippen LogP contribution is 2.26. The summed E-state index contributed by atoms with van der Waals surface area (Å²) in [6, 6.07) is 0.140. The van der Waals surface area contributed by atoms with E-state index in [9.17, 15) is 13.2 Å². The van der Waals surface area contributed by atoms with Crippen LogP contribution in [0.5, 0.6) is 0 Å². The number of rotatable bonds is 11. The summed E-state index contributed by atoms with van der Waals surface area (Å²) in [7, 11) is -7.12. The predicted octanol–water partition coefficient (Wildman–Crippen LogP) is 0.289. The highest BCUT2D eigenvalue weighted by atomic mass is 29.2. The second-order valence-corrected chi connectivity index (χ2v) is 25.7. The smallest absolute Gasteiger partial charge is 0.388 e. The topological polar surface area (TPSA) is 27.7 Å². The van der Waals surface area contributed by atoms with Crippen molar-refractivity contribution < 1.29 is 25.5 Å². The maximum atomic E-state index is 12.5. The fourth-order valence-corrected chi connectivity index (χ4v) is 32.4. The molecule has 0 aliphatic rings. The molecule has 0 spiro atoms. The summed E-state index contributed by atoms with van der Waals surface area (Å²) in [6.45, 7) is 11.8. The van der Waals surface area contributed by atoms with Crippen LogP contribution in [0.15, 0.2) is 12.3 Å². The van der Waals surface area contributed by atoms with Crippen LogP contribution in [0.3, 0.4) is 0 Å². The molecule has 126 valence electrons. The Hall–Kier alpha value is 0.711. The van der Waals surface area contributed by atoms with Crippen LogP contribution in [0.4, 0.5) is 13.2 Å². The molecule has 0 aliphatic heterocycles. The average Bonchev–Trinajstić information content (AvgIpc) is 2.38. The van der Waals surface area contributed by atoms with E-state index >= 15 is 0 Å². The Kier molecular flexibility index (Phi) is 10.8. The van der Waals surface area contributed by atoms with Crippen molar-refractivity contribution in [3.63, 3.8) is 0 Å². The van der Waals surface area contributed by atoms with Gasteiger partial charge >= 0.3 is 6.18 Å². The molecule has 0 saturated carbocycles. The van der Waals surface area contributed by atoms with Gasteiger partial charge in [0, 0.05) is 6.42 Å². The fraction of sp³-hybridized carbons (Fsp3) is 0.778. The fourth-order valence-electron chi connectivity index (χ4n) is 1.54. The van der Waals surface area contributed by atoms with Crippen molar-refractivity contribution in [2.75, 3.05) is 0 Å². The van der Waals surface area contributed by atoms with Gasteiger partial charge in [-0.05, 0) is 32.2 Å². The quantitative estimate of drug-likeness (QED) is 0.363. The first-order valence-corrected chi connectivity index (χ1v) is 22.9. The van der Waals surface area contributed by atoms with Crippen LogP contribution in [0, 0.1) is 0 Å². The van der Waals surface area contributed by atoms with Crippen molar-refractivity contribution in [2.24, 2.45) is 0 Å². The number of hydrogen-bond acceptors (Lipinski definition) is 3. The zero-order valence-corrected chi connectivity index (χ0v) is 20.9. The summed E-state index contributed by atoms with van der Waals surface area (Å²) in [5.74, 6) is 0. The van der Waals surface area contributed by atoms with Crippen molar-refractivity contribution in [2.45, 2.75) is 44.8 Å². The van der Waals surface area contributed by atoms with Crippen molar-refractivity contribution in [1.82, 2.24) is 0 Å². The van der Waals surface area contributed by atoms with E-state index in [1.54, 1.807) is 0 Å². The van der Waals surface area contributed by atoms with E-state index in [4.69, 9.17) is 12.3 Å². The second kappa shape index (κ2) is 10.5. The van der Waals surface area contributed by atoms with Crippen LogP contribution >= 0.6 is 0 Å². The lowest BCUT2D eigenvalue weighted by atomic mass is 10.5. The van der Waals surface area contributed by atoms with Crippen LogP contribution in [0.25, 0.3) is 0 Å². The van der Waals surface area contributed by atoms with E-state index in [0.29, 0.717) is 0 Å². The van der Waals surface area contributed by atoms with E-state index in [-0.39, 0.29) is 6.04 Å². The maximum absolute atomic E-state index is 12.5. The molecule has 0 aromatic rings. The molecule has 0 amide bonds. The third-order valence-corrected chi connectivity index (χ3v) is 26.3. The molecule has 0 rings (SSSR count). The second-order valence-electron chi connectivity index (χ2n) is 5.58. The average molecular weight is 409 g/mol. The maximum Gasteiger partial charge on any atom is 0.388 e. The van der Waals surface area contributed by atoms with Crippen LogP contribution in [-0.2, 0) is 12.3 Å². The van der Waals surface area contributed by atoms with E-state index in [1.165, 1.54) is 0 Å². The first-order valence-electron chi connectivity index (χ1n) is 7.14. The van der Waals surface area contributed by atoms with Crippen molar-refractivity contribution in [3.05, 3.63) is 12.3 Å². The molecule has 3 nitrogen and oxygen atoms in total. The van der Waals surface area contributed by atoms with Gasteiger partial charge in [-0.15, -0.1) is 6.58 Å². The summed E-state index contributed by atoms with van der Waals surface area (Å²) in [5, 5.41) is 0. The molecule has 0 fully saturated rings. The molecule has 2 atom stereocenters. The molecular weight excluding hydrogens is 382 g/mol. The summed E-state index contributed by atoms with van der Waals surface area (Å²) >= 11 is 0. The summed E-state index contributed by atoms with van der Waals surface area (Å²) < 4.78 is 55.0. The Morgan fingerprint density at radius 3 is 2.29 bits per heavy atom. The van der Waals surface area contributed by atoms with E-state index in [2.05, 4.69) is 19.7 Å². The molecule has 12 heteroatoms. The third kappa shape index (κ3) is 12.9. The minimum atomic E-state index is -4.10. The Morgan fingerprint density at radius 1 is 1.19 bits per heavy atom. The van der Waals surface area contributed by atoms with Gasteiger partial charge in [-0.1, -0.05) is 5.70 Å². The zero-order valence-electron chi connectivity index (χ0n) is 13.3. The monoisotopic (exact) mass is 408 g/mol. The third-order valence-electron chi connectivity index (χ3n) is 2.91. The van der Waals surface area contributed by atoms with Gasteiger partial charge < -0.3 is 12.3 Å². The van der Waals surface area contributed by atoms with Crippen LogP contribution in [0.2, 0.25) is 32.2 Å². The van der Waals surface area contributed by atoms with Gasteiger partial charge in [0.2, 0.25) is 0 Å². The Balaban J connectivity index is 4.40. The largest absolute Gasteiger partial charge is 0.463 e. The van der Waals surface area contributed by atoms with Gasteiger partial charge in [-0.2, -0.15) is 13.2 Å². The predicted molar refractivity (Wildman–Crippen MR) is 98.1 cm³/mol. The molecule has 2 unspecified atom stereocenters. The van der Waals surface area contributed by atoms with E-state index in [0.717, 1.165) is 0 Å². The standard InChI is InChI=1S/C9H27F3O3Si6/c1-6-20(4)14-18-21(5,8-7-9(10,11)12)15-17-16-13-19(2)3/h6,19-20H,1,7-8,16-18H2,2-5H3. The Labute approximate surface area is 136 Å². The van der Waals surface area contributed by atoms with Gasteiger partial charge in [0.05, 0.1) is 0 Å². The molecule has 21 heavy (non-hydrogen) atoms. The molecule has 0 aromatic carbocycles. The first-order chi connectivity index (χ1) is 9.58. The van der Waals surface area contributed by atoms with Gasteiger partial charge in [-0.25, -0.2) is 0 Å². The molecule has 0 radical (unpaired) electrons. The molecule has 0 aliphatic carbocycles. The number of alkyl halides is 3. The van der Waals surface area contributed by atoms with Crippen molar-refractivity contribution >= 4 is 53.8 Å². The lowest BCUT2D eigenvalue weighted by molar-refractivity contribution is -0.131. The highest BCUT2D eigenvalue weighted by Gasteiger charge is 2.36. The number of hydrogen-bond donors (Lipinski definition) is 0. The number of halogens is 3. The van der Waals surface area contributed by atoms with Gasteiger partial charge in [0.1, 0.15) is 0 Å². The molecule has 0 N–H and O–H groups in total. The highest BCUT2D eigenvalue weighted by molar-refractivity contribution is 7.22. The van der Waals surface area contributed by atoms with Crippen LogP contribution in [0.1, 0.15) is 6.42 Å². The molecule has 0 bridgehead atoms. The Bertz CT molecular complexity index is 307. The summed E-state index contributed by atoms with van der Waals surface area (Å²) in [4.78, 5) is 0. The lowest BCUT2D eigenvalue weighted by Gasteiger charge is -2.29. The minimum Gasteiger partial charge on any atom is -0.463 e. The van der Waals surface area contributed by atoms with E-state index in [1.807, 2.05) is 18.8 Å². The molecule has 0 saturated heterocycles. The molecule has 0 heterocycles. The van der Waals surface area contributed by atoms with Crippen molar-refractivity contribution in [1.29, 1.82) is 0 Å². The first kappa shape index (κ1) is 21.7. The SMILES string of the molecule is C=C[SiH](C)O[SiH2][Si](C)(CCC(F)(F)F)O[SiH2][SiH2]O[SiH](C)C. The molecular formula is C9H27F3O3Si6. The van der Waals surface area contributed by atoms with Gasteiger partial charge in [0.15, 0.2) is 53.8 Å². The van der Waals surface area contributed by atoms with Gasteiger partial charge in [0.25, 0.3) is 0 Å². The van der Waals surface area contributed by atoms with Crippen LogP contribution in [-0.4, -0.2) is 59.9 Å². The minimum absolute atomic E-state index is 0.140. The normalized spacial score (nSPS) is 18.5. The molecule has 0 aromatic heterocycles. The van der Waals surface area contributed by atoms with Gasteiger partial charge in [-0.3, -0.25) is 0 Å². The van der Waals surface area contributed by atoms with Crippen LogP contribution < -0.4 is 0 Å². The summed E-state index contributed by atoms with van der Waals surface area (Å²) in [6.07, 6.45) is -4.85.